The molecule has 7 heteroatoms. The van der Waals surface area contributed by atoms with Crippen molar-refractivity contribution in [1.29, 1.82) is 0 Å². The summed E-state index contributed by atoms with van der Waals surface area (Å²) < 4.78 is 26.2. The van der Waals surface area contributed by atoms with Crippen molar-refractivity contribution in [2.45, 2.75) is 50.2 Å². The molecule has 1 aliphatic carbocycles. The van der Waals surface area contributed by atoms with Gasteiger partial charge in [0.1, 0.15) is 5.82 Å². The van der Waals surface area contributed by atoms with Crippen LogP contribution in [0.5, 0.6) is 0 Å². The molecule has 0 aliphatic heterocycles. The summed E-state index contributed by atoms with van der Waals surface area (Å²) in [6.45, 7) is 4.25. The van der Waals surface area contributed by atoms with Gasteiger partial charge in [-0.2, -0.15) is 4.31 Å². The fraction of sp³-hybridized carbons (Fsp3) is 0.769. The molecule has 1 aromatic heterocycles. The van der Waals surface area contributed by atoms with Crippen molar-refractivity contribution in [1.82, 2.24) is 14.3 Å². The molecule has 2 unspecified atom stereocenters. The number of aliphatic hydroxyl groups excluding tert-OH is 1. The molecule has 0 bridgehead atoms. The predicted molar refractivity (Wildman–Crippen MR) is 75.8 cm³/mol. The van der Waals surface area contributed by atoms with Gasteiger partial charge in [-0.05, 0) is 18.8 Å². The summed E-state index contributed by atoms with van der Waals surface area (Å²) in [6, 6.07) is 0. The van der Waals surface area contributed by atoms with E-state index in [2.05, 4.69) is 9.97 Å². The number of nitrogens with zero attached hydrogens (tertiary/aromatic N) is 2. The molecular formula is C13H23N3O3S. The van der Waals surface area contributed by atoms with Crippen molar-refractivity contribution in [3.63, 3.8) is 0 Å². The number of sulfonamides is 1. The van der Waals surface area contributed by atoms with Crippen LogP contribution in [0.15, 0.2) is 11.2 Å². The summed E-state index contributed by atoms with van der Waals surface area (Å²) >= 11 is 0. The summed E-state index contributed by atoms with van der Waals surface area (Å²) in [5, 5.41) is 9.93. The van der Waals surface area contributed by atoms with Gasteiger partial charge < -0.3 is 10.1 Å². The Balaban J connectivity index is 2.12. The summed E-state index contributed by atoms with van der Waals surface area (Å²) in [7, 11) is -2.01. The highest BCUT2D eigenvalue weighted by molar-refractivity contribution is 7.89. The van der Waals surface area contributed by atoms with Gasteiger partial charge in [0.15, 0.2) is 5.03 Å². The molecule has 0 spiro atoms. The lowest BCUT2D eigenvalue weighted by molar-refractivity contribution is 0.123. The number of H-pyrrole nitrogens is 1. The van der Waals surface area contributed by atoms with Gasteiger partial charge in [0, 0.05) is 19.5 Å². The van der Waals surface area contributed by atoms with Crippen LogP contribution < -0.4 is 0 Å². The van der Waals surface area contributed by atoms with Gasteiger partial charge in [0.25, 0.3) is 10.0 Å². The summed E-state index contributed by atoms with van der Waals surface area (Å²) in [5.41, 5.74) is 0. The number of imidazole rings is 1. The number of hydrogen-bond donors (Lipinski definition) is 2. The molecule has 1 fully saturated rings. The molecule has 114 valence electrons. The first-order chi connectivity index (χ1) is 9.32. The number of aliphatic hydroxyl groups is 1. The molecule has 2 atom stereocenters. The predicted octanol–water partition coefficient (Wildman–Crippen LogP) is 1.31. The van der Waals surface area contributed by atoms with Crippen molar-refractivity contribution in [2.24, 2.45) is 5.92 Å². The molecule has 2 rings (SSSR count). The van der Waals surface area contributed by atoms with E-state index in [9.17, 15) is 13.5 Å². The maximum Gasteiger partial charge on any atom is 0.259 e. The Kier molecular flexibility index (Phi) is 4.51. The Morgan fingerprint density at radius 2 is 2.20 bits per heavy atom. The molecule has 0 radical (unpaired) electrons. The molecule has 0 amide bonds. The zero-order valence-corrected chi connectivity index (χ0v) is 13.0. The third-order valence-corrected chi connectivity index (χ3v) is 5.65. The van der Waals surface area contributed by atoms with Gasteiger partial charge in [-0.25, -0.2) is 13.4 Å². The maximum atomic E-state index is 12.4. The summed E-state index contributed by atoms with van der Waals surface area (Å²) in [6.07, 6.45) is 3.58. The van der Waals surface area contributed by atoms with Crippen molar-refractivity contribution in [3.05, 3.63) is 12.0 Å². The van der Waals surface area contributed by atoms with Crippen LogP contribution in [0.2, 0.25) is 0 Å². The van der Waals surface area contributed by atoms with E-state index in [-0.39, 0.29) is 23.0 Å². The average molecular weight is 301 g/mol. The topological polar surface area (TPSA) is 86.3 Å². The van der Waals surface area contributed by atoms with E-state index in [0.29, 0.717) is 12.4 Å². The van der Waals surface area contributed by atoms with Crippen molar-refractivity contribution >= 4 is 10.0 Å². The highest BCUT2D eigenvalue weighted by atomic mass is 32.2. The lowest BCUT2D eigenvalue weighted by Gasteiger charge is -2.22. The zero-order chi connectivity index (χ0) is 14.9. The van der Waals surface area contributed by atoms with Crippen LogP contribution in [0.4, 0.5) is 0 Å². The maximum absolute atomic E-state index is 12.4. The highest BCUT2D eigenvalue weighted by Crippen LogP contribution is 2.27. The summed E-state index contributed by atoms with van der Waals surface area (Å²) in [4.78, 5) is 6.97. The minimum atomic E-state index is -3.56. The molecule has 0 aromatic carbocycles. The van der Waals surface area contributed by atoms with Gasteiger partial charge in [0.05, 0.1) is 12.3 Å². The van der Waals surface area contributed by atoms with E-state index in [1.54, 1.807) is 7.05 Å². The third-order valence-electron chi connectivity index (χ3n) is 3.92. The van der Waals surface area contributed by atoms with E-state index in [1.165, 1.54) is 10.5 Å². The monoisotopic (exact) mass is 301 g/mol. The SMILES string of the molecule is CC(C)c1ncc(S(=O)(=O)N(C)CC2CCCC2O)[nH]1. The van der Waals surface area contributed by atoms with Crippen LogP contribution in [0.3, 0.4) is 0 Å². The first-order valence-corrected chi connectivity index (χ1v) is 8.45. The standard InChI is InChI=1S/C13H23N3O3S/c1-9(2)13-14-7-12(15-13)20(18,19)16(3)8-10-5-4-6-11(10)17/h7,9-11,17H,4-6,8H2,1-3H3,(H,14,15). The first-order valence-electron chi connectivity index (χ1n) is 7.01. The van der Waals surface area contributed by atoms with Crippen LogP contribution in [0.25, 0.3) is 0 Å². The summed E-state index contributed by atoms with van der Waals surface area (Å²) in [5.74, 6) is 0.848. The van der Waals surface area contributed by atoms with E-state index < -0.39 is 10.0 Å². The quantitative estimate of drug-likeness (QED) is 0.858. The van der Waals surface area contributed by atoms with Crippen LogP contribution in [0, 0.1) is 5.92 Å². The van der Waals surface area contributed by atoms with Gasteiger partial charge >= 0.3 is 0 Å². The largest absolute Gasteiger partial charge is 0.393 e. The number of nitrogens with one attached hydrogen (secondary N) is 1. The molecule has 1 saturated carbocycles. The smallest absolute Gasteiger partial charge is 0.259 e. The normalized spacial score (nSPS) is 23.9. The van der Waals surface area contributed by atoms with Gasteiger partial charge in [-0.1, -0.05) is 20.3 Å². The lowest BCUT2D eigenvalue weighted by Crippen LogP contribution is -2.34. The highest BCUT2D eigenvalue weighted by Gasteiger charge is 2.31. The molecule has 1 heterocycles. The number of aromatic nitrogens is 2. The van der Waals surface area contributed by atoms with Crippen LogP contribution >= 0.6 is 0 Å². The second kappa shape index (κ2) is 5.83. The first kappa shape index (κ1) is 15.5. The Bertz CT molecular complexity index is 553. The molecule has 2 N–H and O–H groups in total. The fourth-order valence-electron chi connectivity index (χ4n) is 2.57. The Labute approximate surface area is 120 Å². The van der Waals surface area contributed by atoms with Crippen molar-refractivity contribution < 1.29 is 13.5 Å². The minimum Gasteiger partial charge on any atom is -0.393 e. The Morgan fingerprint density at radius 3 is 2.70 bits per heavy atom. The molecule has 6 nitrogen and oxygen atoms in total. The number of aromatic amines is 1. The molecule has 1 aliphatic rings. The average Bonchev–Trinajstić information content (AvgIpc) is 2.99. The van der Waals surface area contributed by atoms with E-state index in [1.807, 2.05) is 13.8 Å². The van der Waals surface area contributed by atoms with Gasteiger partial charge in [-0.3, -0.25) is 0 Å². The molecule has 1 aromatic rings. The van der Waals surface area contributed by atoms with Gasteiger partial charge in [0.2, 0.25) is 0 Å². The van der Waals surface area contributed by atoms with E-state index in [4.69, 9.17) is 0 Å². The molecular weight excluding hydrogens is 278 g/mol. The number of hydrogen-bond acceptors (Lipinski definition) is 4. The second-order valence-electron chi connectivity index (χ2n) is 5.83. The van der Waals surface area contributed by atoms with Crippen LogP contribution in [-0.2, 0) is 10.0 Å². The van der Waals surface area contributed by atoms with Gasteiger partial charge in [-0.15, -0.1) is 0 Å². The molecule has 20 heavy (non-hydrogen) atoms. The van der Waals surface area contributed by atoms with Crippen molar-refractivity contribution in [3.8, 4) is 0 Å². The minimum absolute atomic E-state index is 0.0299. The Hall–Kier alpha value is -0.920. The zero-order valence-electron chi connectivity index (χ0n) is 12.2. The van der Waals surface area contributed by atoms with E-state index in [0.717, 1.165) is 19.3 Å². The number of rotatable bonds is 5. The molecule has 0 saturated heterocycles. The Morgan fingerprint density at radius 1 is 1.50 bits per heavy atom. The lowest BCUT2D eigenvalue weighted by atomic mass is 10.1. The third kappa shape index (κ3) is 3.05. The fourth-order valence-corrected chi connectivity index (χ4v) is 3.71. The van der Waals surface area contributed by atoms with Crippen molar-refractivity contribution in [2.75, 3.05) is 13.6 Å². The van der Waals surface area contributed by atoms with Crippen LogP contribution in [0.1, 0.15) is 44.9 Å². The van der Waals surface area contributed by atoms with E-state index >= 15 is 0 Å². The van der Waals surface area contributed by atoms with Crippen LogP contribution in [-0.4, -0.2) is 47.5 Å². The second-order valence-corrected chi connectivity index (χ2v) is 7.84.